The Morgan fingerprint density at radius 3 is 1.42 bits per heavy atom. The van der Waals surface area contributed by atoms with Crippen molar-refractivity contribution in [3.8, 4) is 11.5 Å². The molecule has 5 rings (SSSR count). The Hall–Kier alpha value is -6.43. The second kappa shape index (κ2) is 23.8. The van der Waals surface area contributed by atoms with Gasteiger partial charge >= 0.3 is 0 Å². The minimum Gasteiger partial charge on any atom is -0.497 e. The monoisotopic (exact) mass is 1010 g/mol. The van der Waals surface area contributed by atoms with E-state index >= 15 is 0 Å². The quantitative estimate of drug-likeness (QED) is 0.0353. The topological polar surface area (TPSA) is 218 Å². The highest BCUT2D eigenvalue weighted by Crippen LogP contribution is 2.33. The molecule has 5 aromatic rings. The van der Waals surface area contributed by atoms with E-state index in [2.05, 4.69) is 41.7 Å². The third-order valence-corrected chi connectivity index (χ3v) is 11.0. The molecule has 16 nitrogen and oxygen atoms in total. The van der Waals surface area contributed by atoms with Crippen molar-refractivity contribution in [3.05, 3.63) is 129 Å². The molecule has 67 heavy (non-hydrogen) atoms. The van der Waals surface area contributed by atoms with Gasteiger partial charge in [-0.25, -0.2) is 0 Å². The van der Waals surface area contributed by atoms with E-state index in [9.17, 15) is 28.8 Å². The number of azo groups is 2. The first-order valence-corrected chi connectivity index (χ1v) is 22.1. The van der Waals surface area contributed by atoms with Crippen molar-refractivity contribution in [2.75, 3.05) is 35.5 Å². The molecule has 0 spiro atoms. The second-order valence-corrected chi connectivity index (χ2v) is 16.5. The first-order chi connectivity index (χ1) is 31.9. The zero-order valence-corrected chi connectivity index (χ0v) is 40.0. The number of nitrogens with zero attached hydrogens (tertiary/aromatic N) is 4. The van der Waals surface area contributed by atoms with Gasteiger partial charge in [-0.3, -0.25) is 28.8 Å². The molecule has 348 valence electrons. The third-order valence-electron chi connectivity index (χ3n) is 9.48. The van der Waals surface area contributed by atoms with E-state index < -0.39 is 52.7 Å². The van der Waals surface area contributed by atoms with Crippen LogP contribution in [0.1, 0.15) is 63.6 Å². The smallest absolute Gasteiger partial charge is 0.258 e. The van der Waals surface area contributed by atoms with Gasteiger partial charge < -0.3 is 30.7 Å². The van der Waals surface area contributed by atoms with Crippen molar-refractivity contribution in [2.24, 2.45) is 20.5 Å². The summed E-state index contributed by atoms with van der Waals surface area (Å²) >= 11 is 31.2. The zero-order chi connectivity index (χ0) is 48.9. The first kappa shape index (κ1) is 51.6. The van der Waals surface area contributed by atoms with Gasteiger partial charge in [0, 0.05) is 57.8 Å². The van der Waals surface area contributed by atoms with E-state index in [1.807, 2.05) is 0 Å². The number of ether oxygens (including phenoxy) is 2. The summed E-state index contributed by atoms with van der Waals surface area (Å²) in [6.45, 7) is 3.90. The molecule has 3 atom stereocenters. The van der Waals surface area contributed by atoms with Gasteiger partial charge in [-0.1, -0.05) is 23.2 Å². The van der Waals surface area contributed by atoms with Crippen LogP contribution in [0.2, 0.25) is 10.0 Å². The van der Waals surface area contributed by atoms with Crippen molar-refractivity contribution in [2.45, 2.75) is 50.0 Å². The molecule has 0 fully saturated rings. The molecule has 3 unspecified atom stereocenters. The number of Topliss-reactive ketones (excluding diaryl/α,β-unsaturated/α-hetero) is 2. The van der Waals surface area contributed by atoms with Crippen LogP contribution >= 0.6 is 58.0 Å². The number of ketones is 2. The summed E-state index contributed by atoms with van der Waals surface area (Å²) < 4.78 is 10.6. The normalized spacial score (nSPS) is 12.5. The number of nitrogens with one attached hydrogen (secondary N) is 4. The van der Waals surface area contributed by atoms with E-state index in [0.717, 1.165) is 13.8 Å². The number of benzene rings is 5. The fourth-order valence-electron chi connectivity index (χ4n) is 6.10. The maximum Gasteiger partial charge on any atom is 0.258 e. The predicted octanol–water partition coefficient (Wildman–Crippen LogP) is 11.7. The Labute approximate surface area is 409 Å². The fraction of sp³-hybridized carbons (Fsp3) is 0.217. The lowest BCUT2D eigenvalue weighted by atomic mass is 10.1. The molecule has 0 saturated carbocycles. The van der Waals surface area contributed by atoms with Crippen molar-refractivity contribution < 1.29 is 38.2 Å². The minimum atomic E-state index is -1.65. The summed E-state index contributed by atoms with van der Waals surface area (Å²) in [5, 5.41) is 26.2. The van der Waals surface area contributed by atoms with E-state index in [1.165, 1.54) is 68.8 Å². The van der Waals surface area contributed by atoms with Crippen LogP contribution in [0.25, 0.3) is 0 Å². The zero-order valence-electron chi connectivity index (χ0n) is 36.3. The second-order valence-electron chi connectivity index (χ2n) is 14.5. The van der Waals surface area contributed by atoms with Gasteiger partial charge in [0.25, 0.3) is 23.6 Å². The number of hydrogen-bond acceptors (Lipinski definition) is 12. The van der Waals surface area contributed by atoms with Crippen molar-refractivity contribution >= 4 is 127 Å². The minimum absolute atomic E-state index is 0.00492. The number of anilines is 4. The highest BCUT2D eigenvalue weighted by molar-refractivity contribution is 6.33. The lowest BCUT2D eigenvalue weighted by molar-refractivity contribution is -0.127. The number of amides is 4. The van der Waals surface area contributed by atoms with E-state index in [0.29, 0.717) is 39.6 Å². The van der Waals surface area contributed by atoms with Crippen LogP contribution in [-0.2, 0) is 30.9 Å². The van der Waals surface area contributed by atoms with Crippen LogP contribution < -0.4 is 30.7 Å². The maximum atomic E-state index is 13.5. The molecular weight excluding hydrogens is 970 g/mol. The molecule has 0 aliphatic heterocycles. The molecule has 5 aromatic carbocycles. The highest BCUT2D eigenvalue weighted by Gasteiger charge is 2.27. The van der Waals surface area contributed by atoms with Crippen LogP contribution in [0.3, 0.4) is 0 Å². The van der Waals surface area contributed by atoms with Crippen LogP contribution in [-0.4, -0.2) is 61.5 Å². The maximum absolute atomic E-state index is 13.5. The number of alkyl halides is 3. The lowest BCUT2D eigenvalue weighted by Gasteiger charge is -2.17. The van der Waals surface area contributed by atoms with E-state index in [-0.39, 0.29) is 55.7 Å². The number of carbonyl (C=O) groups is 6. The summed E-state index contributed by atoms with van der Waals surface area (Å²) in [5.41, 5.74) is 3.26. The molecule has 21 heteroatoms. The van der Waals surface area contributed by atoms with Gasteiger partial charge in [0.15, 0.2) is 11.6 Å². The molecule has 4 N–H and O–H groups in total. The molecule has 0 aromatic heterocycles. The van der Waals surface area contributed by atoms with Crippen LogP contribution in [0.15, 0.2) is 111 Å². The summed E-state index contributed by atoms with van der Waals surface area (Å²) in [5.74, 6) is -2.74. The third kappa shape index (κ3) is 14.0. The average molecular weight is 1010 g/mol. The molecular formula is C46H41Cl5N8O8. The van der Waals surface area contributed by atoms with Crippen molar-refractivity contribution in [3.63, 3.8) is 0 Å². The number of methoxy groups -OCH3 is 2. The van der Waals surface area contributed by atoms with Crippen molar-refractivity contribution in [1.29, 1.82) is 0 Å². The number of carbonyl (C=O) groups excluding carboxylic acids is 6. The average Bonchev–Trinajstić information content (AvgIpc) is 3.29. The van der Waals surface area contributed by atoms with Crippen LogP contribution in [0, 0.1) is 0 Å². The molecule has 0 radical (unpaired) electrons. The molecule has 0 aliphatic rings. The van der Waals surface area contributed by atoms with Crippen molar-refractivity contribution in [1.82, 2.24) is 0 Å². The van der Waals surface area contributed by atoms with Gasteiger partial charge in [-0.05, 0) is 116 Å². The summed E-state index contributed by atoms with van der Waals surface area (Å²) in [7, 11) is 2.97. The van der Waals surface area contributed by atoms with Crippen LogP contribution in [0.4, 0.5) is 34.1 Å². The molecule has 4 amide bonds. The van der Waals surface area contributed by atoms with Gasteiger partial charge in [0.05, 0.1) is 29.6 Å². The Bertz CT molecular complexity index is 2740. The van der Waals surface area contributed by atoms with Gasteiger partial charge in [0.1, 0.15) is 22.9 Å². The van der Waals surface area contributed by atoms with Crippen LogP contribution in [0.5, 0.6) is 11.5 Å². The summed E-state index contributed by atoms with van der Waals surface area (Å²) in [6.07, 6.45) is 0. The molecule has 0 saturated heterocycles. The Morgan fingerprint density at radius 1 is 0.567 bits per heavy atom. The summed E-state index contributed by atoms with van der Waals surface area (Å²) in [4.78, 5) is 78.7. The first-order valence-electron chi connectivity index (χ1n) is 19.8. The highest BCUT2D eigenvalue weighted by atomic mass is 35.5. The largest absolute Gasteiger partial charge is 0.497 e. The van der Waals surface area contributed by atoms with Gasteiger partial charge in [-0.2, -0.15) is 20.5 Å². The Morgan fingerprint density at radius 2 is 1.01 bits per heavy atom. The number of hydrogen-bond donors (Lipinski definition) is 4. The SMILES string of the molecule is COc1cc(CCl)cc(NC(=O)c2ccc(Cl)c(N=NC(C(C)=O)C(=O)Nc3ccc(NC(=O)C(N=Nc4cc(C(=O)Nc5cc(CCl)cc(OC)c5)ccc4Cl)C(C)=O)c(C(C)Cl)c3)c2)c1. The van der Waals surface area contributed by atoms with E-state index in [1.54, 1.807) is 43.3 Å². The number of rotatable bonds is 19. The van der Waals surface area contributed by atoms with Gasteiger partial charge in [0.2, 0.25) is 12.1 Å². The Balaban J connectivity index is 1.28. The molecule has 0 bridgehead atoms. The Kier molecular flexibility index (Phi) is 18.3. The standard InChI is InChI=1S/C46H41Cl5N8O8/c1-23(49)35-20-30(52-45(64)41(24(2)60)58-56-39-16-28(6-9-36(39)50)43(62)53-31-12-26(21-47)14-33(18-31)66-4)8-11-38(35)55-46(65)42(25(3)61)59-57-40-17-29(7-10-37(40)51)44(63)54-32-13-27(22-48)15-34(19-32)67-5/h6-20,23,41-42H,21-22H2,1-5H3,(H,52,64)(H,53,62)(H,54,63)(H,55,65). The summed E-state index contributed by atoms with van der Waals surface area (Å²) in [6, 6.07) is 19.5. The number of halogens is 5. The van der Waals surface area contributed by atoms with E-state index in [4.69, 9.17) is 67.5 Å². The van der Waals surface area contributed by atoms with Gasteiger partial charge in [-0.15, -0.1) is 34.8 Å². The predicted molar refractivity (Wildman–Crippen MR) is 260 cm³/mol. The fourth-order valence-corrected chi connectivity index (χ4v) is 6.89. The lowest BCUT2D eigenvalue weighted by Crippen LogP contribution is -2.32. The molecule has 0 aliphatic carbocycles. The molecule has 0 heterocycles.